The van der Waals surface area contributed by atoms with E-state index in [0.29, 0.717) is 22.9 Å². The van der Waals surface area contributed by atoms with Crippen LogP contribution in [0.3, 0.4) is 0 Å². The molecule has 0 bridgehead atoms. The average Bonchev–Trinajstić information content (AvgIpc) is 3.01. The van der Waals surface area contributed by atoms with Crippen molar-refractivity contribution in [3.05, 3.63) is 34.6 Å². The van der Waals surface area contributed by atoms with Gasteiger partial charge in [0.05, 0.1) is 16.2 Å². The second kappa shape index (κ2) is 6.87. The van der Waals surface area contributed by atoms with Gasteiger partial charge in [0.15, 0.2) is 5.16 Å². The summed E-state index contributed by atoms with van der Waals surface area (Å²) < 4.78 is 3.52. The standard InChI is InChI=1S/C17H21N5O2S/c1-5-10-21-15(24)12-8-6-7-9-13(12)22-16(21)18-19-17(22)25-11(2)14(23)20(3)4/h6-9,11H,5,10H2,1-4H3. The maximum absolute atomic E-state index is 12.8. The van der Waals surface area contributed by atoms with E-state index >= 15 is 0 Å². The molecule has 25 heavy (non-hydrogen) atoms. The summed E-state index contributed by atoms with van der Waals surface area (Å²) in [6, 6.07) is 7.42. The Morgan fingerprint density at radius 1 is 1.28 bits per heavy atom. The van der Waals surface area contributed by atoms with Crippen LogP contribution in [0.15, 0.2) is 34.2 Å². The van der Waals surface area contributed by atoms with Crippen molar-refractivity contribution in [2.24, 2.45) is 0 Å². The van der Waals surface area contributed by atoms with Gasteiger partial charge in [-0.2, -0.15) is 0 Å². The zero-order valence-corrected chi connectivity index (χ0v) is 15.6. The number of aryl methyl sites for hydroxylation is 1. The third-order valence-corrected chi connectivity index (χ3v) is 5.03. The number of carbonyl (C=O) groups is 1. The van der Waals surface area contributed by atoms with Gasteiger partial charge in [0.2, 0.25) is 11.7 Å². The molecule has 0 radical (unpaired) electrons. The molecular weight excluding hydrogens is 338 g/mol. The molecule has 2 heterocycles. The largest absolute Gasteiger partial charge is 0.348 e. The molecule has 0 aliphatic rings. The maximum atomic E-state index is 12.8. The molecule has 0 aliphatic carbocycles. The highest BCUT2D eigenvalue weighted by atomic mass is 32.2. The fourth-order valence-electron chi connectivity index (χ4n) is 2.81. The van der Waals surface area contributed by atoms with E-state index < -0.39 is 0 Å². The average molecular weight is 359 g/mol. The molecule has 0 N–H and O–H groups in total. The lowest BCUT2D eigenvalue weighted by Gasteiger charge is -2.16. The van der Waals surface area contributed by atoms with E-state index in [0.717, 1.165) is 11.9 Å². The SMILES string of the molecule is CCCn1c(=O)c2ccccc2n2c(SC(C)C(=O)N(C)C)nnc12. The molecule has 1 aromatic carbocycles. The predicted octanol–water partition coefficient (Wildman–Crippen LogP) is 2.02. The Kier molecular flexibility index (Phi) is 4.80. The lowest BCUT2D eigenvalue weighted by molar-refractivity contribution is -0.127. The van der Waals surface area contributed by atoms with Gasteiger partial charge in [-0.3, -0.25) is 18.6 Å². The number of nitrogens with zero attached hydrogens (tertiary/aromatic N) is 5. The number of para-hydroxylation sites is 1. The Balaban J connectivity index is 2.22. The zero-order valence-electron chi connectivity index (χ0n) is 14.8. The lowest BCUT2D eigenvalue weighted by atomic mass is 10.2. The van der Waals surface area contributed by atoms with Crippen LogP contribution in [0.2, 0.25) is 0 Å². The van der Waals surface area contributed by atoms with Crippen molar-refractivity contribution >= 4 is 34.3 Å². The third-order valence-electron chi connectivity index (χ3n) is 4.00. The van der Waals surface area contributed by atoms with Crippen LogP contribution in [-0.2, 0) is 11.3 Å². The normalized spacial score (nSPS) is 12.6. The van der Waals surface area contributed by atoms with E-state index in [-0.39, 0.29) is 16.7 Å². The summed E-state index contributed by atoms with van der Waals surface area (Å²) in [5.41, 5.74) is 0.693. The van der Waals surface area contributed by atoms with Crippen molar-refractivity contribution in [3.63, 3.8) is 0 Å². The molecule has 8 heteroatoms. The molecular formula is C17H21N5O2S. The number of hydrogen-bond donors (Lipinski definition) is 0. The minimum Gasteiger partial charge on any atom is -0.348 e. The van der Waals surface area contributed by atoms with Gasteiger partial charge in [0.25, 0.3) is 5.56 Å². The van der Waals surface area contributed by atoms with Gasteiger partial charge in [-0.25, -0.2) is 0 Å². The smallest absolute Gasteiger partial charge is 0.262 e. The highest BCUT2D eigenvalue weighted by Gasteiger charge is 2.22. The highest BCUT2D eigenvalue weighted by molar-refractivity contribution is 8.00. The molecule has 0 saturated carbocycles. The minimum absolute atomic E-state index is 0.00735. The number of amides is 1. The predicted molar refractivity (Wildman–Crippen MR) is 99.1 cm³/mol. The van der Waals surface area contributed by atoms with Crippen molar-refractivity contribution in [3.8, 4) is 0 Å². The fraction of sp³-hybridized carbons (Fsp3) is 0.412. The highest BCUT2D eigenvalue weighted by Crippen LogP contribution is 2.25. The van der Waals surface area contributed by atoms with E-state index in [9.17, 15) is 9.59 Å². The Morgan fingerprint density at radius 2 is 2.00 bits per heavy atom. The number of rotatable bonds is 5. The molecule has 1 amide bonds. The fourth-order valence-corrected chi connectivity index (χ4v) is 3.81. The zero-order chi connectivity index (χ0) is 18.1. The summed E-state index contributed by atoms with van der Waals surface area (Å²) in [5, 5.41) is 9.43. The quantitative estimate of drug-likeness (QED) is 0.652. The lowest BCUT2D eigenvalue weighted by Crippen LogP contribution is -2.29. The summed E-state index contributed by atoms with van der Waals surface area (Å²) in [5.74, 6) is 0.519. The van der Waals surface area contributed by atoms with Crippen molar-refractivity contribution < 1.29 is 4.79 Å². The van der Waals surface area contributed by atoms with Gasteiger partial charge in [-0.1, -0.05) is 30.8 Å². The second-order valence-corrected chi connectivity index (χ2v) is 7.39. The van der Waals surface area contributed by atoms with Crippen LogP contribution < -0.4 is 5.56 Å². The van der Waals surface area contributed by atoms with Crippen LogP contribution in [0, 0.1) is 0 Å². The molecule has 0 aliphatic heterocycles. The van der Waals surface area contributed by atoms with Crippen molar-refractivity contribution in [1.82, 2.24) is 24.1 Å². The summed E-state index contributed by atoms with van der Waals surface area (Å²) in [6.07, 6.45) is 0.818. The number of benzene rings is 1. The van der Waals surface area contributed by atoms with Gasteiger partial charge in [0.1, 0.15) is 0 Å². The van der Waals surface area contributed by atoms with E-state index in [1.54, 1.807) is 23.6 Å². The van der Waals surface area contributed by atoms with Crippen LogP contribution >= 0.6 is 11.8 Å². The van der Waals surface area contributed by atoms with Crippen LogP contribution in [0.4, 0.5) is 0 Å². The molecule has 3 aromatic rings. The number of fused-ring (bicyclic) bond motifs is 3. The van der Waals surface area contributed by atoms with E-state index in [4.69, 9.17) is 0 Å². The summed E-state index contributed by atoms with van der Waals surface area (Å²) in [6.45, 7) is 4.43. The monoisotopic (exact) mass is 359 g/mol. The topological polar surface area (TPSA) is 72.5 Å². The van der Waals surface area contributed by atoms with Crippen molar-refractivity contribution in [1.29, 1.82) is 0 Å². The van der Waals surface area contributed by atoms with Crippen LogP contribution in [0.25, 0.3) is 16.7 Å². The van der Waals surface area contributed by atoms with Crippen LogP contribution in [-0.4, -0.2) is 49.3 Å². The first kappa shape index (κ1) is 17.5. The summed E-state index contributed by atoms with van der Waals surface area (Å²) >= 11 is 1.35. The van der Waals surface area contributed by atoms with E-state index in [1.807, 2.05) is 42.5 Å². The van der Waals surface area contributed by atoms with Gasteiger partial charge in [-0.15, -0.1) is 10.2 Å². The third kappa shape index (κ3) is 3.02. The van der Waals surface area contributed by atoms with Gasteiger partial charge in [-0.05, 0) is 25.5 Å². The maximum Gasteiger partial charge on any atom is 0.262 e. The molecule has 2 aromatic heterocycles. The molecule has 3 rings (SSSR count). The molecule has 1 atom stereocenters. The number of thioether (sulfide) groups is 1. The van der Waals surface area contributed by atoms with E-state index in [2.05, 4.69) is 10.2 Å². The Labute approximate surface area is 149 Å². The van der Waals surface area contributed by atoms with E-state index in [1.165, 1.54) is 11.8 Å². The van der Waals surface area contributed by atoms with Crippen molar-refractivity contribution in [2.75, 3.05) is 14.1 Å². The first-order chi connectivity index (χ1) is 12.0. The number of hydrogen-bond acceptors (Lipinski definition) is 5. The molecule has 132 valence electrons. The Hall–Kier alpha value is -2.35. The second-order valence-electron chi connectivity index (χ2n) is 6.08. The van der Waals surface area contributed by atoms with Crippen LogP contribution in [0.1, 0.15) is 20.3 Å². The van der Waals surface area contributed by atoms with Crippen molar-refractivity contribution in [2.45, 2.75) is 37.2 Å². The molecule has 0 spiro atoms. The number of aromatic nitrogens is 4. The molecule has 1 unspecified atom stereocenters. The Bertz CT molecular complexity index is 992. The summed E-state index contributed by atoms with van der Waals surface area (Å²) in [4.78, 5) is 26.5. The summed E-state index contributed by atoms with van der Waals surface area (Å²) in [7, 11) is 3.46. The van der Waals surface area contributed by atoms with Gasteiger partial charge >= 0.3 is 0 Å². The molecule has 0 fully saturated rings. The molecule has 0 saturated heterocycles. The minimum atomic E-state index is -0.298. The Morgan fingerprint density at radius 3 is 2.68 bits per heavy atom. The first-order valence-electron chi connectivity index (χ1n) is 8.20. The van der Waals surface area contributed by atoms with Crippen LogP contribution in [0.5, 0.6) is 0 Å². The van der Waals surface area contributed by atoms with Gasteiger partial charge < -0.3 is 4.90 Å². The first-order valence-corrected chi connectivity index (χ1v) is 9.08. The van der Waals surface area contributed by atoms with Gasteiger partial charge in [0, 0.05) is 20.6 Å². The molecule has 7 nitrogen and oxygen atoms in total. The number of carbonyl (C=O) groups excluding carboxylic acids is 1.